The third-order valence-corrected chi connectivity index (χ3v) is 6.50. The van der Waals surface area contributed by atoms with E-state index in [-0.39, 0.29) is 24.2 Å². The lowest BCUT2D eigenvalue weighted by Gasteiger charge is -2.18. The molecule has 5 rings (SSSR count). The smallest absolute Gasteiger partial charge is 0.220 e. The van der Waals surface area contributed by atoms with E-state index in [9.17, 15) is 4.79 Å². The van der Waals surface area contributed by atoms with Gasteiger partial charge in [-0.3, -0.25) is 4.79 Å². The van der Waals surface area contributed by atoms with Crippen molar-refractivity contribution in [3.63, 3.8) is 0 Å². The first-order chi connectivity index (χ1) is 17.2. The molecule has 5 aromatic rings. The van der Waals surface area contributed by atoms with Crippen LogP contribution in [-0.4, -0.2) is 27.0 Å². The van der Waals surface area contributed by atoms with Gasteiger partial charge in [0, 0.05) is 60.8 Å². The molecule has 2 aromatic heterocycles. The molecule has 0 spiro atoms. The zero-order chi connectivity index (χ0) is 24.0. The number of halogens is 1. The zero-order valence-electron chi connectivity index (χ0n) is 20.4. The highest BCUT2D eigenvalue weighted by Crippen LogP contribution is 2.35. The number of para-hydroxylation sites is 1. The molecule has 1 amide bonds. The molecule has 3 aromatic carbocycles. The molecule has 184 valence electrons. The number of fused-ring (bicyclic) bond motifs is 1. The van der Waals surface area contributed by atoms with Crippen LogP contribution in [0.4, 0.5) is 0 Å². The monoisotopic (exact) mass is 498 g/mol. The van der Waals surface area contributed by atoms with Crippen LogP contribution in [-0.2, 0) is 17.8 Å². The van der Waals surface area contributed by atoms with Gasteiger partial charge < -0.3 is 14.9 Å². The molecule has 0 saturated heterocycles. The second-order valence-corrected chi connectivity index (χ2v) is 9.06. The topological polar surface area (TPSA) is 62.7 Å². The maximum atomic E-state index is 13.1. The molecule has 2 heterocycles. The van der Waals surface area contributed by atoms with Crippen molar-refractivity contribution >= 4 is 29.2 Å². The van der Waals surface area contributed by atoms with Crippen molar-refractivity contribution in [1.29, 1.82) is 0 Å². The van der Waals surface area contributed by atoms with Crippen LogP contribution in [0, 0.1) is 6.92 Å². The molecule has 6 heteroatoms. The number of hydrogen-bond donors (Lipinski definition) is 2. The van der Waals surface area contributed by atoms with Crippen LogP contribution in [0.5, 0.6) is 0 Å². The van der Waals surface area contributed by atoms with E-state index in [0.717, 1.165) is 24.2 Å². The molecule has 2 N–H and O–H groups in total. The summed E-state index contributed by atoms with van der Waals surface area (Å²) in [5.74, 6) is 0.0138. The number of nitrogens with one attached hydrogen (secondary N) is 2. The van der Waals surface area contributed by atoms with E-state index in [2.05, 4.69) is 106 Å². The van der Waals surface area contributed by atoms with Gasteiger partial charge in [-0.25, -0.2) is 4.98 Å². The molecular formula is C30H31ClN4O. The van der Waals surface area contributed by atoms with Crippen LogP contribution in [0.25, 0.3) is 10.9 Å². The number of rotatable bonds is 9. The van der Waals surface area contributed by atoms with E-state index < -0.39 is 0 Å². The van der Waals surface area contributed by atoms with Crippen molar-refractivity contribution in [1.82, 2.24) is 19.9 Å². The van der Waals surface area contributed by atoms with E-state index in [1.54, 1.807) is 12.5 Å². The van der Waals surface area contributed by atoms with Crippen molar-refractivity contribution in [2.45, 2.75) is 32.2 Å². The maximum Gasteiger partial charge on any atom is 0.220 e. The largest absolute Gasteiger partial charge is 0.356 e. The van der Waals surface area contributed by atoms with Crippen molar-refractivity contribution in [3.05, 3.63) is 126 Å². The van der Waals surface area contributed by atoms with Gasteiger partial charge in [0.25, 0.3) is 0 Å². The Morgan fingerprint density at radius 1 is 1.03 bits per heavy atom. The Labute approximate surface area is 218 Å². The fourth-order valence-electron chi connectivity index (χ4n) is 4.77. The molecule has 0 saturated carbocycles. The summed E-state index contributed by atoms with van der Waals surface area (Å²) in [7, 11) is 0. The molecule has 0 fully saturated rings. The first kappa shape index (κ1) is 25.3. The van der Waals surface area contributed by atoms with Gasteiger partial charge in [-0.1, -0.05) is 78.4 Å². The Morgan fingerprint density at radius 2 is 1.83 bits per heavy atom. The van der Waals surface area contributed by atoms with Gasteiger partial charge in [-0.05, 0) is 29.7 Å². The summed E-state index contributed by atoms with van der Waals surface area (Å²) in [6, 6.07) is 27.5. The van der Waals surface area contributed by atoms with E-state index in [0.29, 0.717) is 13.0 Å². The number of amides is 1. The highest BCUT2D eigenvalue weighted by molar-refractivity contribution is 5.87. The Balaban J connectivity index is 0.00000304. The number of aromatic nitrogens is 3. The number of carbonyl (C=O) groups is 1. The van der Waals surface area contributed by atoms with Crippen LogP contribution in [0.2, 0.25) is 0 Å². The van der Waals surface area contributed by atoms with Crippen molar-refractivity contribution < 1.29 is 4.79 Å². The molecule has 1 unspecified atom stereocenters. The van der Waals surface area contributed by atoms with E-state index in [1.807, 2.05) is 6.07 Å². The quantitative estimate of drug-likeness (QED) is 0.261. The molecule has 5 nitrogen and oxygen atoms in total. The Kier molecular flexibility index (Phi) is 8.24. The van der Waals surface area contributed by atoms with E-state index >= 15 is 0 Å². The summed E-state index contributed by atoms with van der Waals surface area (Å²) < 4.78 is 2.30. The highest BCUT2D eigenvalue weighted by atomic mass is 35.5. The van der Waals surface area contributed by atoms with Crippen molar-refractivity contribution in [2.24, 2.45) is 0 Å². The fourth-order valence-corrected chi connectivity index (χ4v) is 4.77. The minimum absolute atomic E-state index is 0. The van der Waals surface area contributed by atoms with Crippen molar-refractivity contribution in [2.75, 3.05) is 6.54 Å². The van der Waals surface area contributed by atoms with E-state index in [4.69, 9.17) is 0 Å². The van der Waals surface area contributed by atoms with Gasteiger partial charge in [0.2, 0.25) is 5.91 Å². The van der Waals surface area contributed by atoms with Crippen LogP contribution < -0.4 is 5.32 Å². The van der Waals surface area contributed by atoms with E-state index in [1.165, 1.54) is 27.6 Å². The number of aryl methyl sites for hydroxylation is 1. The number of carbonyl (C=O) groups excluding carboxylic acids is 1. The molecule has 0 aliphatic heterocycles. The first-order valence-electron chi connectivity index (χ1n) is 12.1. The molecular weight excluding hydrogens is 468 g/mol. The average molecular weight is 499 g/mol. The molecule has 0 aliphatic rings. The molecule has 0 aliphatic carbocycles. The van der Waals surface area contributed by atoms with Gasteiger partial charge in [-0.2, -0.15) is 0 Å². The number of benzene rings is 3. The summed E-state index contributed by atoms with van der Waals surface area (Å²) in [4.78, 5) is 20.2. The van der Waals surface area contributed by atoms with Crippen LogP contribution in [0.3, 0.4) is 0 Å². The fraction of sp³-hybridized carbons (Fsp3) is 0.200. The number of H-pyrrole nitrogens is 1. The van der Waals surface area contributed by atoms with Crippen molar-refractivity contribution in [3.8, 4) is 0 Å². The van der Waals surface area contributed by atoms with Crippen LogP contribution in [0.1, 0.15) is 40.3 Å². The van der Waals surface area contributed by atoms with Gasteiger partial charge in [0.05, 0.1) is 6.33 Å². The number of nitrogens with zero attached hydrogens (tertiary/aromatic N) is 2. The van der Waals surface area contributed by atoms with Gasteiger partial charge >= 0.3 is 0 Å². The molecule has 1 atom stereocenters. The Bertz CT molecular complexity index is 1410. The lowest BCUT2D eigenvalue weighted by Crippen LogP contribution is -2.27. The second-order valence-electron chi connectivity index (χ2n) is 9.06. The SMILES string of the molecule is Cc1cccc(C(CC(=O)NCCc2cnc[nH]2)c2cn(Cc3ccccc3)c3ccccc23)c1.Cl. The van der Waals surface area contributed by atoms with Gasteiger partial charge in [-0.15, -0.1) is 12.4 Å². The summed E-state index contributed by atoms with van der Waals surface area (Å²) in [5, 5.41) is 4.30. The third-order valence-electron chi connectivity index (χ3n) is 6.50. The lowest BCUT2D eigenvalue weighted by molar-refractivity contribution is -0.121. The maximum absolute atomic E-state index is 13.1. The zero-order valence-corrected chi connectivity index (χ0v) is 21.2. The Hall–Kier alpha value is -3.83. The standard InChI is InChI=1S/C30H30N4O.ClH/c1-22-8-7-11-24(16-22)27(17-30(35)32-15-14-25-18-31-21-33-25)28-20-34(19-23-9-3-2-4-10-23)29-13-6-5-12-26(28)29;/h2-13,16,18,20-21,27H,14-15,17,19H2,1H3,(H,31,33)(H,32,35);1H. The first-order valence-corrected chi connectivity index (χ1v) is 12.1. The lowest BCUT2D eigenvalue weighted by atomic mass is 9.87. The summed E-state index contributed by atoms with van der Waals surface area (Å²) in [6.45, 7) is 3.47. The number of aromatic amines is 1. The molecule has 0 bridgehead atoms. The highest BCUT2D eigenvalue weighted by Gasteiger charge is 2.23. The summed E-state index contributed by atoms with van der Waals surface area (Å²) in [5.41, 5.74) is 7.00. The van der Waals surface area contributed by atoms with Gasteiger partial charge in [0.1, 0.15) is 0 Å². The number of hydrogen-bond acceptors (Lipinski definition) is 2. The molecule has 0 radical (unpaired) electrons. The minimum atomic E-state index is -0.0380. The average Bonchev–Trinajstić information content (AvgIpc) is 3.52. The Morgan fingerprint density at radius 3 is 2.61 bits per heavy atom. The predicted octanol–water partition coefficient (Wildman–Crippen LogP) is 6.02. The van der Waals surface area contributed by atoms with Crippen LogP contribution >= 0.6 is 12.4 Å². The normalized spacial score (nSPS) is 11.7. The molecule has 36 heavy (non-hydrogen) atoms. The second kappa shape index (κ2) is 11.7. The third kappa shape index (κ3) is 5.86. The number of imidazole rings is 1. The van der Waals surface area contributed by atoms with Crippen LogP contribution in [0.15, 0.2) is 97.6 Å². The predicted molar refractivity (Wildman–Crippen MR) is 148 cm³/mol. The summed E-state index contributed by atoms with van der Waals surface area (Å²) in [6.07, 6.45) is 6.82. The van der Waals surface area contributed by atoms with Gasteiger partial charge in [0.15, 0.2) is 0 Å². The summed E-state index contributed by atoms with van der Waals surface area (Å²) >= 11 is 0. The minimum Gasteiger partial charge on any atom is -0.356 e.